The summed E-state index contributed by atoms with van der Waals surface area (Å²) in [6.45, 7) is 3.54. The number of esters is 1. The lowest BCUT2D eigenvalue weighted by Crippen LogP contribution is -2.33. The molecule has 12 heteroatoms. The second-order valence-electron chi connectivity index (χ2n) is 5.90. The monoisotopic (exact) mass is 422 g/mol. The molecule has 26 heavy (non-hydrogen) atoms. The Kier molecular flexibility index (Phi) is 6.05. The molecule has 0 saturated carbocycles. The summed E-state index contributed by atoms with van der Waals surface area (Å²) < 4.78 is 23.7. The van der Waals surface area contributed by atoms with Gasteiger partial charge in [0.25, 0.3) is 5.56 Å². The lowest BCUT2D eigenvalue weighted by atomic mass is 10.2. The van der Waals surface area contributed by atoms with Crippen molar-refractivity contribution >= 4 is 34.9 Å². The largest absolute Gasteiger partial charge is 0.460 e. The van der Waals surface area contributed by atoms with Crippen LogP contribution in [0.5, 0.6) is 0 Å². The molecule has 0 bridgehead atoms. The molecule has 2 saturated heterocycles. The van der Waals surface area contributed by atoms with Gasteiger partial charge < -0.3 is 18.5 Å². The molecule has 3 rings (SSSR count). The van der Waals surface area contributed by atoms with Gasteiger partial charge >= 0.3 is 11.7 Å². The molecule has 9 nitrogen and oxygen atoms in total. The highest BCUT2D eigenvalue weighted by atomic mass is 32.9. The number of aromatic nitrogens is 2. The molecular weight excluding hydrogens is 403 g/mol. The second-order valence-corrected chi connectivity index (χ2v) is 12.3. The molecule has 3 heterocycles. The zero-order valence-corrected chi connectivity index (χ0v) is 16.7. The first-order chi connectivity index (χ1) is 12.3. The van der Waals surface area contributed by atoms with Gasteiger partial charge in [-0.1, -0.05) is 11.4 Å². The molecule has 2 fully saturated rings. The molecule has 0 aromatic carbocycles. The van der Waals surface area contributed by atoms with Crippen LogP contribution in [-0.2, 0) is 35.1 Å². The molecule has 1 aromatic rings. The molecular formula is C14H19N2O7PS2. The summed E-state index contributed by atoms with van der Waals surface area (Å²) in [5.41, 5.74) is -3.04. The number of hydrogen-bond donors (Lipinski definition) is 1. The van der Waals surface area contributed by atoms with E-state index in [0.29, 0.717) is 12.2 Å². The topological polar surface area (TPSA) is 109 Å². The van der Waals surface area contributed by atoms with Crippen LogP contribution in [0, 0.1) is 6.92 Å². The van der Waals surface area contributed by atoms with E-state index in [2.05, 4.69) is 4.98 Å². The summed E-state index contributed by atoms with van der Waals surface area (Å²) in [5.74, 6) is 0.328. The number of rotatable bonds is 5. The minimum atomic E-state index is -2.39. The van der Waals surface area contributed by atoms with E-state index in [1.54, 1.807) is 6.92 Å². The Balaban J connectivity index is 1.77. The average molecular weight is 422 g/mol. The Hall–Kier alpha value is -0.970. The molecule has 0 amide bonds. The molecule has 2 aliphatic rings. The van der Waals surface area contributed by atoms with Gasteiger partial charge in [-0.3, -0.25) is 19.1 Å². The van der Waals surface area contributed by atoms with Crippen LogP contribution < -0.4 is 11.2 Å². The number of carbonyl (C=O) groups is 1. The Morgan fingerprint density at radius 1 is 1.54 bits per heavy atom. The molecule has 1 N–H and O–H groups in total. The molecule has 2 aliphatic heterocycles. The predicted octanol–water partition coefficient (Wildman–Crippen LogP) is 1.07. The van der Waals surface area contributed by atoms with Gasteiger partial charge in [-0.2, -0.15) is 0 Å². The van der Waals surface area contributed by atoms with Crippen LogP contribution in [0.15, 0.2) is 15.8 Å². The summed E-state index contributed by atoms with van der Waals surface area (Å²) in [6, 6.07) is 0. The number of carbonyl (C=O) groups excluding carboxylic acids is 1. The van der Waals surface area contributed by atoms with Crippen molar-refractivity contribution in [2.75, 3.05) is 19.0 Å². The fourth-order valence-electron chi connectivity index (χ4n) is 2.73. The number of nitrogens with one attached hydrogen (secondary N) is 1. The Bertz CT molecular complexity index is 844. The number of nitrogens with zero attached hydrogens (tertiary/aromatic N) is 1. The van der Waals surface area contributed by atoms with Gasteiger partial charge in [-0.15, -0.1) is 0 Å². The standard InChI is InChI=1S/C14H19N2O7PS2/c1-8-6-16(14(19)15-13(8)18)12-5-10(22-9(2)17)11(23-12)7-21-24(25)20-3-4-26-24/h6,10-12H,3-5,7H2,1-2H3,(H,15,18,19)/t10-,11+,12+,24?/m0/s1. The minimum Gasteiger partial charge on any atom is -0.460 e. The van der Waals surface area contributed by atoms with Gasteiger partial charge in [0.15, 0.2) is 0 Å². The summed E-state index contributed by atoms with van der Waals surface area (Å²) in [5, 5.41) is 0. The van der Waals surface area contributed by atoms with E-state index in [9.17, 15) is 14.4 Å². The van der Waals surface area contributed by atoms with E-state index in [1.807, 2.05) is 0 Å². The van der Waals surface area contributed by atoms with Gasteiger partial charge in [-0.05, 0) is 18.7 Å². The first-order valence-electron chi connectivity index (χ1n) is 7.96. The molecule has 0 radical (unpaired) electrons. The van der Waals surface area contributed by atoms with E-state index in [-0.39, 0.29) is 13.0 Å². The zero-order valence-electron chi connectivity index (χ0n) is 14.2. The minimum absolute atomic E-state index is 0.0931. The Morgan fingerprint density at radius 3 is 2.96 bits per heavy atom. The number of aromatic amines is 1. The summed E-state index contributed by atoms with van der Waals surface area (Å²) in [6.07, 6.45) is -0.182. The molecule has 1 unspecified atom stereocenters. The fraction of sp³-hybridized carbons (Fsp3) is 0.643. The number of H-pyrrole nitrogens is 1. The average Bonchev–Trinajstić information content (AvgIpc) is 3.15. The molecule has 0 spiro atoms. The zero-order chi connectivity index (χ0) is 18.9. The summed E-state index contributed by atoms with van der Waals surface area (Å²) in [7, 11) is 0. The predicted molar refractivity (Wildman–Crippen MR) is 98.8 cm³/mol. The fourth-order valence-corrected chi connectivity index (χ4v) is 6.93. The van der Waals surface area contributed by atoms with Gasteiger partial charge in [0.2, 0.25) is 5.69 Å². The van der Waals surface area contributed by atoms with Crippen molar-refractivity contribution in [3.63, 3.8) is 0 Å². The summed E-state index contributed by atoms with van der Waals surface area (Å²) in [4.78, 5) is 37.3. The van der Waals surface area contributed by atoms with Crippen molar-refractivity contribution in [2.45, 2.75) is 38.7 Å². The van der Waals surface area contributed by atoms with Crippen molar-refractivity contribution in [3.8, 4) is 0 Å². The Morgan fingerprint density at radius 2 is 2.31 bits per heavy atom. The number of hydrogen-bond acceptors (Lipinski definition) is 9. The van der Waals surface area contributed by atoms with E-state index >= 15 is 0 Å². The van der Waals surface area contributed by atoms with E-state index in [4.69, 9.17) is 30.3 Å². The van der Waals surface area contributed by atoms with Crippen LogP contribution in [0.2, 0.25) is 0 Å². The van der Waals surface area contributed by atoms with Gasteiger partial charge in [0, 0.05) is 30.9 Å². The molecule has 0 aliphatic carbocycles. The summed E-state index contributed by atoms with van der Waals surface area (Å²) >= 11 is 6.84. The molecule has 1 aromatic heterocycles. The van der Waals surface area contributed by atoms with Gasteiger partial charge in [-0.25, -0.2) is 4.79 Å². The first-order valence-corrected chi connectivity index (χ1v) is 12.2. The number of aryl methyl sites for hydroxylation is 1. The second kappa shape index (κ2) is 7.95. The third-order valence-electron chi connectivity index (χ3n) is 3.93. The van der Waals surface area contributed by atoms with Crippen molar-refractivity contribution in [2.24, 2.45) is 0 Å². The first kappa shape index (κ1) is 19.8. The van der Waals surface area contributed by atoms with E-state index in [1.165, 1.54) is 29.1 Å². The third kappa shape index (κ3) is 4.47. The molecule has 144 valence electrons. The normalized spacial score (nSPS) is 31.2. The molecule has 4 atom stereocenters. The van der Waals surface area contributed by atoms with Crippen LogP contribution in [0.1, 0.15) is 25.1 Å². The highest BCUT2D eigenvalue weighted by molar-refractivity contribution is 8.68. The maximum atomic E-state index is 12.1. The van der Waals surface area contributed by atoms with Crippen LogP contribution in [0.25, 0.3) is 0 Å². The van der Waals surface area contributed by atoms with Gasteiger partial charge in [0.05, 0.1) is 13.2 Å². The highest BCUT2D eigenvalue weighted by Crippen LogP contribution is 2.64. The van der Waals surface area contributed by atoms with Crippen LogP contribution in [0.4, 0.5) is 0 Å². The van der Waals surface area contributed by atoms with Crippen molar-refractivity contribution < 1.29 is 23.3 Å². The lowest BCUT2D eigenvalue weighted by Gasteiger charge is -2.21. The number of ether oxygens (including phenoxy) is 2. The SMILES string of the molecule is CC(=O)O[C@H]1C[C@H](n2cc(C)c(=O)[nH]c2=O)O[C@@H]1COP1(=S)OCCS1. The van der Waals surface area contributed by atoms with E-state index in [0.717, 1.165) is 5.75 Å². The quantitative estimate of drug-likeness (QED) is 0.550. The maximum Gasteiger partial charge on any atom is 0.330 e. The third-order valence-corrected chi connectivity index (χ3v) is 9.27. The van der Waals surface area contributed by atoms with Crippen molar-refractivity contribution in [3.05, 3.63) is 32.6 Å². The smallest absolute Gasteiger partial charge is 0.330 e. The maximum absolute atomic E-state index is 12.1. The lowest BCUT2D eigenvalue weighted by molar-refractivity contribution is -0.150. The van der Waals surface area contributed by atoms with Crippen molar-refractivity contribution in [1.82, 2.24) is 9.55 Å². The van der Waals surface area contributed by atoms with Crippen LogP contribution >= 0.6 is 17.1 Å². The van der Waals surface area contributed by atoms with E-state index < -0.39 is 41.3 Å². The van der Waals surface area contributed by atoms with Gasteiger partial charge in [0.1, 0.15) is 18.4 Å². The van der Waals surface area contributed by atoms with Crippen LogP contribution in [-0.4, -0.2) is 46.7 Å². The Labute approximate surface area is 158 Å². The van der Waals surface area contributed by atoms with Crippen LogP contribution in [0.3, 0.4) is 0 Å². The highest BCUT2D eigenvalue weighted by Gasteiger charge is 2.40. The van der Waals surface area contributed by atoms with Crippen molar-refractivity contribution in [1.29, 1.82) is 0 Å².